The molecule has 169 valence electrons. The van der Waals surface area contributed by atoms with Gasteiger partial charge >= 0.3 is 16.8 Å². The predicted octanol–water partition coefficient (Wildman–Crippen LogP) is 0.390. The summed E-state index contributed by atoms with van der Waals surface area (Å²) >= 11 is 11.2. The minimum atomic E-state index is -0.127. The van der Waals surface area contributed by atoms with Gasteiger partial charge in [-0.2, -0.15) is 59.7 Å². The van der Waals surface area contributed by atoms with Crippen molar-refractivity contribution in [1.29, 1.82) is 0 Å². The molecular formula is C23H21Cl4CoNO2-2. The van der Waals surface area contributed by atoms with Gasteiger partial charge in [0.05, 0.1) is 0 Å². The predicted molar refractivity (Wildman–Crippen MR) is 114 cm³/mol. The van der Waals surface area contributed by atoms with Crippen LogP contribution in [0.2, 0.25) is 10.0 Å². The second-order valence-electron chi connectivity index (χ2n) is 5.88. The van der Waals surface area contributed by atoms with Gasteiger partial charge in [0.2, 0.25) is 0 Å². The summed E-state index contributed by atoms with van der Waals surface area (Å²) in [4.78, 5) is 25.6. The van der Waals surface area contributed by atoms with Crippen LogP contribution in [0.4, 0.5) is 0 Å². The third-order valence-electron chi connectivity index (χ3n) is 3.28. The molecule has 1 heterocycles. The second-order valence-corrected chi connectivity index (χ2v) is 6.70. The summed E-state index contributed by atoms with van der Waals surface area (Å²) in [6, 6.07) is 22.1. The van der Waals surface area contributed by atoms with Crippen LogP contribution in [-0.4, -0.2) is 16.6 Å². The van der Waals surface area contributed by atoms with Crippen molar-refractivity contribution in [3.63, 3.8) is 0 Å². The molecule has 0 fully saturated rings. The maximum Gasteiger partial charge on any atom is 2.00 e. The summed E-state index contributed by atoms with van der Waals surface area (Å²) in [5, 5.41) is 1.37. The van der Waals surface area contributed by atoms with E-state index in [1.807, 2.05) is 50.2 Å². The van der Waals surface area contributed by atoms with Crippen LogP contribution >= 0.6 is 23.2 Å². The zero-order valence-electron chi connectivity index (χ0n) is 17.3. The Morgan fingerprint density at radius 3 is 1.26 bits per heavy atom. The molecule has 0 aliphatic rings. The van der Waals surface area contributed by atoms with Crippen molar-refractivity contribution in [2.75, 3.05) is 0 Å². The second kappa shape index (κ2) is 18.2. The maximum atomic E-state index is 10.8. The number of hydrogen-bond donors (Lipinski definition) is 0. The SMILES string of the molecule is CC(=O)c1cccc(C(C)=O)n1.Cc1[c-]c(Cl)ccc1.Cc1[c-]c(Cl)ccc1.[Cl-].[Cl-].[Co+2]. The molecule has 1 aromatic heterocycles. The molecular weight excluding hydrogens is 523 g/mol. The summed E-state index contributed by atoms with van der Waals surface area (Å²) < 4.78 is 0. The first-order valence-electron chi connectivity index (χ1n) is 8.47. The number of rotatable bonds is 2. The molecule has 0 saturated carbocycles. The van der Waals surface area contributed by atoms with Gasteiger partial charge in [-0.25, -0.2) is 4.98 Å². The molecule has 2 aromatic carbocycles. The summed E-state index contributed by atoms with van der Waals surface area (Å²) in [5.41, 5.74) is 2.83. The van der Waals surface area contributed by atoms with E-state index in [2.05, 4.69) is 17.1 Å². The average molecular weight is 544 g/mol. The van der Waals surface area contributed by atoms with Crippen molar-refractivity contribution in [3.8, 4) is 0 Å². The van der Waals surface area contributed by atoms with E-state index in [1.165, 1.54) is 13.8 Å². The number of hydrogen-bond acceptors (Lipinski definition) is 3. The van der Waals surface area contributed by atoms with Crippen LogP contribution in [0.3, 0.4) is 0 Å². The summed E-state index contributed by atoms with van der Waals surface area (Å²) in [5.74, 6) is -0.254. The molecule has 0 atom stereocenters. The Morgan fingerprint density at radius 1 is 0.710 bits per heavy atom. The molecule has 3 nitrogen and oxygen atoms in total. The molecule has 8 heteroatoms. The van der Waals surface area contributed by atoms with Gasteiger partial charge in [0.1, 0.15) is 11.4 Å². The van der Waals surface area contributed by atoms with Gasteiger partial charge in [-0.1, -0.05) is 30.0 Å². The molecule has 0 spiro atoms. The summed E-state index contributed by atoms with van der Waals surface area (Å²) in [7, 11) is 0. The molecule has 0 bridgehead atoms. The number of carbonyl (C=O) groups excluding carboxylic acids is 2. The molecule has 31 heavy (non-hydrogen) atoms. The van der Waals surface area contributed by atoms with E-state index in [0.29, 0.717) is 21.4 Å². The molecule has 1 radical (unpaired) electrons. The van der Waals surface area contributed by atoms with Crippen LogP contribution in [0.25, 0.3) is 0 Å². The minimum absolute atomic E-state index is 0. The van der Waals surface area contributed by atoms with Crippen molar-refractivity contribution < 1.29 is 51.2 Å². The van der Waals surface area contributed by atoms with Gasteiger partial charge in [0.15, 0.2) is 11.6 Å². The van der Waals surface area contributed by atoms with Gasteiger partial charge in [-0.3, -0.25) is 9.59 Å². The van der Waals surface area contributed by atoms with Gasteiger partial charge < -0.3 is 24.8 Å². The topological polar surface area (TPSA) is 47.0 Å². The van der Waals surface area contributed by atoms with Crippen LogP contribution < -0.4 is 24.8 Å². The van der Waals surface area contributed by atoms with E-state index in [-0.39, 0.29) is 53.2 Å². The number of pyridine rings is 1. The Kier molecular flexibility index (Phi) is 20.1. The van der Waals surface area contributed by atoms with Crippen molar-refractivity contribution in [2.24, 2.45) is 0 Å². The molecule has 0 unspecified atom stereocenters. The monoisotopic (exact) mass is 542 g/mol. The van der Waals surface area contributed by atoms with Crippen molar-refractivity contribution in [3.05, 3.63) is 99.3 Å². The van der Waals surface area contributed by atoms with Crippen molar-refractivity contribution >= 4 is 34.8 Å². The molecule has 0 amide bonds. The van der Waals surface area contributed by atoms with E-state index in [1.54, 1.807) is 18.2 Å². The zero-order valence-corrected chi connectivity index (χ0v) is 21.4. The number of benzene rings is 2. The number of aromatic nitrogens is 1. The van der Waals surface area contributed by atoms with E-state index in [9.17, 15) is 9.59 Å². The Hall–Kier alpha value is -1.40. The van der Waals surface area contributed by atoms with Gasteiger partial charge in [-0.05, 0) is 12.1 Å². The number of nitrogens with zero attached hydrogens (tertiary/aromatic N) is 1. The fraction of sp³-hybridized carbons (Fsp3) is 0.174. The Balaban J connectivity index is -0.000000372. The minimum Gasteiger partial charge on any atom is -1.00 e. The number of ketones is 2. The van der Waals surface area contributed by atoms with Crippen LogP contribution in [0, 0.1) is 26.0 Å². The first kappa shape index (κ1) is 34.2. The fourth-order valence-electron chi connectivity index (χ4n) is 1.92. The third kappa shape index (κ3) is 15.1. The Labute approximate surface area is 217 Å². The van der Waals surface area contributed by atoms with Gasteiger partial charge in [0.25, 0.3) is 0 Å². The first-order chi connectivity index (χ1) is 13.2. The summed E-state index contributed by atoms with van der Waals surface area (Å²) in [6.07, 6.45) is 0. The maximum absolute atomic E-state index is 10.8. The molecule has 0 N–H and O–H groups in total. The normalized spacial score (nSPS) is 8.45. The molecule has 0 aliphatic heterocycles. The van der Waals surface area contributed by atoms with Crippen LogP contribution in [0.15, 0.2) is 54.6 Å². The smallest absolute Gasteiger partial charge is 1.00 e. The molecule has 0 aliphatic carbocycles. The summed E-state index contributed by atoms with van der Waals surface area (Å²) in [6.45, 7) is 6.77. The Morgan fingerprint density at radius 2 is 1.03 bits per heavy atom. The third-order valence-corrected chi connectivity index (χ3v) is 3.72. The van der Waals surface area contributed by atoms with E-state index < -0.39 is 0 Å². The average Bonchev–Trinajstić information content (AvgIpc) is 2.62. The Bertz CT molecular complexity index is 845. The molecule has 0 saturated heterocycles. The van der Waals surface area contributed by atoms with E-state index in [4.69, 9.17) is 23.2 Å². The van der Waals surface area contributed by atoms with E-state index in [0.717, 1.165) is 11.1 Å². The molecule has 3 rings (SSSR count). The number of aryl methyl sites for hydroxylation is 2. The fourth-order valence-corrected chi connectivity index (χ4v) is 2.37. The van der Waals surface area contributed by atoms with E-state index >= 15 is 0 Å². The zero-order chi connectivity index (χ0) is 21.1. The van der Waals surface area contributed by atoms with Gasteiger partial charge in [0, 0.05) is 13.8 Å². The number of Topliss-reactive ketones (excluding diaryl/α,β-unsaturated/α-hetero) is 2. The number of carbonyl (C=O) groups is 2. The largest absolute Gasteiger partial charge is 2.00 e. The van der Waals surface area contributed by atoms with Crippen molar-refractivity contribution in [1.82, 2.24) is 4.98 Å². The first-order valence-corrected chi connectivity index (χ1v) is 9.22. The molecule has 3 aromatic rings. The van der Waals surface area contributed by atoms with Crippen LogP contribution in [0.5, 0.6) is 0 Å². The number of halogens is 4. The van der Waals surface area contributed by atoms with Gasteiger partial charge in [-0.15, -0.1) is 23.2 Å². The standard InChI is InChI=1S/C9H9NO2.2C7H6Cl.2ClH.Co/c1-6(11)8-4-3-5-9(10-8)7(2)12;2*1-6-3-2-4-7(8)5-6;;;/h3-5H,1-2H3;2*2-4H,1H3;2*1H;/q;2*-1;;;+2/p-2. The van der Waals surface area contributed by atoms with Crippen LogP contribution in [0.1, 0.15) is 46.0 Å². The van der Waals surface area contributed by atoms with Crippen LogP contribution in [-0.2, 0) is 16.8 Å². The van der Waals surface area contributed by atoms with Crippen molar-refractivity contribution in [2.45, 2.75) is 27.7 Å². The quantitative estimate of drug-likeness (QED) is 0.347.